The minimum Gasteiger partial charge on any atom is -0.353 e. The van der Waals surface area contributed by atoms with Crippen LogP contribution in [0.2, 0.25) is 0 Å². The van der Waals surface area contributed by atoms with Crippen LogP contribution in [0.25, 0.3) is 0 Å². The van der Waals surface area contributed by atoms with E-state index < -0.39 is 0 Å². The third-order valence-corrected chi connectivity index (χ3v) is 5.32. The van der Waals surface area contributed by atoms with Crippen molar-refractivity contribution in [3.63, 3.8) is 0 Å². The highest BCUT2D eigenvalue weighted by molar-refractivity contribution is 5.93. The topological polar surface area (TPSA) is 98.7 Å². The Kier molecular flexibility index (Phi) is 5.50. The van der Waals surface area contributed by atoms with Crippen molar-refractivity contribution in [1.29, 1.82) is 0 Å². The van der Waals surface area contributed by atoms with Gasteiger partial charge in [0.25, 0.3) is 5.91 Å². The zero-order chi connectivity index (χ0) is 20.2. The number of anilines is 2. The maximum atomic E-state index is 12.9. The van der Waals surface area contributed by atoms with E-state index in [1.165, 1.54) is 6.33 Å². The van der Waals surface area contributed by atoms with Gasteiger partial charge in [0.2, 0.25) is 11.9 Å². The first kappa shape index (κ1) is 19.0. The van der Waals surface area contributed by atoms with Crippen molar-refractivity contribution in [2.75, 3.05) is 62.2 Å². The van der Waals surface area contributed by atoms with Crippen LogP contribution < -0.4 is 9.80 Å². The van der Waals surface area contributed by atoms with Gasteiger partial charge in [-0.15, -0.1) is 0 Å². The smallest absolute Gasteiger partial charge is 0.272 e. The van der Waals surface area contributed by atoms with Crippen molar-refractivity contribution in [2.45, 2.75) is 6.92 Å². The number of aromatic nitrogens is 4. The van der Waals surface area contributed by atoms with Gasteiger partial charge in [-0.05, 0) is 6.07 Å². The van der Waals surface area contributed by atoms with E-state index >= 15 is 0 Å². The van der Waals surface area contributed by atoms with Gasteiger partial charge in [0.15, 0.2) is 0 Å². The molecule has 2 saturated heterocycles. The summed E-state index contributed by atoms with van der Waals surface area (Å²) in [5.41, 5.74) is 0.397. The van der Waals surface area contributed by atoms with Crippen LogP contribution >= 0.6 is 0 Å². The Morgan fingerprint density at radius 2 is 1.41 bits per heavy atom. The van der Waals surface area contributed by atoms with E-state index in [1.807, 2.05) is 4.90 Å². The monoisotopic (exact) mass is 396 g/mol. The quantitative estimate of drug-likeness (QED) is 0.709. The minimum atomic E-state index is -0.0929. The summed E-state index contributed by atoms with van der Waals surface area (Å²) in [6, 6.07) is 3.54. The maximum absolute atomic E-state index is 12.9. The molecule has 2 fully saturated rings. The first-order chi connectivity index (χ1) is 14.1. The number of hydrogen-bond donors (Lipinski definition) is 0. The number of amides is 2. The van der Waals surface area contributed by atoms with E-state index in [0.717, 1.165) is 5.82 Å². The summed E-state index contributed by atoms with van der Waals surface area (Å²) in [5.74, 6) is 1.41. The Morgan fingerprint density at radius 3 is 2.07 bits per heavy atom. The van der Waals surface area contributed by atoms with Gasteiger partial charge < -0.3 is 19.6 Å². The van der Waals surface area contributed by atoms with Gasteiger partial charge in [-0.3, -0.25) is 9.59 Å². The first-order valence-electron chi connectivity index (χ1n) is 9.75. The number of piperazine rings is 2. The Morgan fingerprint density at radius 1 is 0.793 bits per heavy atom. The van der Waals surface area contributed by atoms with Crippen molar-refractivity contribution in [3.8, 4) is 0 Å². The van der Waals surface area contributed by atoms with Gasteiger partial charge in [-0.1, -0.05) is 0 Å². The zero-order valence-corrected chi connectivity index (χ0v) is 16.4. The van der Waals surface area contributed by atoms with Gasteiger partial charge in [0, 0.05) is 77.7 Å². The molecule has 0 aliphatic carbocycles. The fraction of sp³-hybridized carbons (Fsp3) is 0.474. The van der Waals surface area contributed by atoms with Crippen LogP contribution in [0.15, 0.2) is 30.9 Å². The van der Waals surface area contributed by atoms with Gasteiger partial charge in [-0.25, -0.2) is 19.9 Å². The molecule has 2 aliphatic heterocycles. The average molecular weight is 396 g/mol. The minimum absolute atomic E-state index is 0.0863. The van der Waals surface area contributed by atoms with Crippen LogP contribution in [0.5, 0.6) is 0 Å². The van der Waals surface area contributed by atoms with E-state index in [1.54, 1.807) is 36.4 Å². The standard InChI is InChI=1S/C19H24N8O2/c1-15(28)24-5-7-25(8-6-24)17-13-16(22-14-23-17)18(29)26-9-11-27(12-10-26)19-20-3-2-4-21-19/h2-4,13-14H,5-12H2,1H3. The second kappa shape index (κ2) is 8.38. The van der Waals surface area contributed by atoms with Gasteiger partial charge in [0.1, 0.15) is 17.8 Å². The molecular weight excluding hydrogens is 372 g/mol. The molecule has 0 aromatic carbocycles. The second-order valence-corrected chi connectivity index (χ2v) is 7.08. The highest BCUT2D eigenvalue weighted by Gasteiger charge is 2.25. The molecule has 10 nitrogen and oxygen atoms in total. The molecule has 0 saturated carbocycles. The van der Waals surface area contributed by atoms with E-state index in [2.05, 4.69) is 29.7 Å². The lowest BCUT2D eigenvalue weighted by Crippen LogP contribution is -2.49. The molecule has 29 heavy (non-hydrogen) atoms. The predicted octanol–water partition coefficient (Wildman–Crippen LogP) is -0.102. The molecule has 2 aromatic heterocycles. The van der Waals surface area contributed by atoms with E-state index in [0.29, 0.717) is 64.0 Å². The average Bonchev–Trinajstić information content (AvgIpc) is 2.79. The van der Waals surface area contributed by atoms with Crippen LogP contribution in [-0.4, -0.2) is 93.9 Å². The number of hydrogen-bond acceptors (Lipinski definition) is 8. The largest absolute Gasteiger partial charge is 0.353 e. The van der Waals surface area contributed by atoms with Crippen molar-refractivity contribution in [3.05, 3.63) is 36.5 Å². The lowest BCUT2D eigenvalue weighted by atomic mass is 10.2. The molecule has 0 unspecified atom stereocenters. The van der Waals surface area contributed by atoms with Crippen LogP contribution in [0.1, 0.15) is 17.4 Å². The number of nitrogens with zero attached hydrogens (tertiary/aromatic N) is 8. The summed E-state index contributed by atoms with van der Waals surface area (Å²) in [6.45, 7) is 6.84. The molecule has 4 heterocycles. The predicted molar refractivity (Wildman–Crippen MR) is 107 cm³/mol. The number of rotatable bonds is 3. The molecule has 0 spiro atoms. The van der Waals surface area contributed by atoms with Crippen molar-refractivity contribution in [2.24, 2.45) is 0 Å². The van der Waals surface area contributed by atoms with Crippen molar-refractivity contribution >= 4 is 23.6 Å². The summed E-state index contributed by atoms with van der Waals surface area (Å²) < 4.78 is 0. The van der Waals surface area contributed by atoms with Crippen LogP contribution in [0.3, 0.4) is 0 Å². The molecule has 152 valence electrons. The molecule has 0 atom stereocenters. The number of carbonyl (C=O) groups excluding carboxylic acids is 2. The van der Waals surface area contributed by atoms with Gasteiger partial charge in [0.05, 0.1) is 0 Å². The van der Waals surface area contributed by atoms with Crippen LogP contribution in [-0.2, 0) is 4.79 Å². The summed E-state index contributed by atoms with van der Waals surface area (Å²) in [4.78, 5) is 49.3. The lowest BCUT2D eigenvalue weighted by molar-refractivity contribution is -0.129. The molecular formula is C19H24N8O2. The normalized spacial score (nSPS) is 17.4. The highest BCUT2D eigenvalue weighted by Crippen LogP contribution is 2.16. The third-order valence-electron chi connectivity index (χ3n) is 5.32. The van der Waals surface area contributed by atoms with E-state index in [-0.39, 0.29) is 11.8 Å². The molecule has 0 radical (unpaired) electrons. The van der Waals surface area contributed by atoms with Crippen molar-refractivity contribution in [1.82, 2.24) is 29.7 Å². The third kappa shape index (κ3) is 4.25. The Labute approximate surface area is 169 Å². The fourth-order valence-electron chi connectivity index (χ4n) is 3.61. The molecule has 10 heteroatoms. The van der Waals surface area contributed by atoms with Gasteiger partial charge in [-0.2, -0.15) is 0 Å². The molecule has 0 bridgehead atoms. The summed E-state index contributed by atoms with van der Waals surface area (Å²) >= 11 is 0. The van der Waals surface area contributed by atoms with Crippen LogP contribution in [0, 0.1) is 0 Å². The molecule has 2 amide bonds. The summed E-state index contributed by atoms with van der Waals surface area (Å²) in [5, 5.41) is 0. The maximum Gasteiger partial charge on any atom is 0.272 e. The van der Waals surface area contributed by atoms with Crippen LogP contribution in [0.4, 0.5) is 11.8 Å². The fourth-order valence-corrected chi connectivity index (χ4v) is 3.61. The molecule has 4 rings (SSSR count). The lowest BCUT2D eigenvalue weighted by Gasteiger charge is -2.35. The number of carbonyl (C=O) groups is 2. The molecule has 2 aromatic rings. The van der Waals surface area contributed by atoms with Crippen molar-refractivity contribution < 1.29 is 9.59 Å². The zero-order valence-electron chi connectivity index (χ0n) is 16.4. The SMILES string of the molecule is CC(=O)N1CCN(c2cc(C(=O)N3CCN(c4ncccn4)CC3)ncn2)CC1. The highest BCUT2D eigenvalue weighted by atomic mass is 16.2. The summed E-state index contributed by atoms with van der Waals surface area (Å²) in [7, 11) is 0. The Balaban J connectivity index is 1.37. The summed E-state index contributed by atoms with van der Waals surface area (Å²) in [6.07, 6.45) is 4.88. The molecule has 0 N–H and O–H groups in total. The molecule has 2 aliphatic rings. The first-order valence-corrected chi connectivity index (χ1v) is 9.75. The second-order valence-electron chi connectivity index (χ2n) is 7.08. The van der Waals surface area contributed by atoms with E-state index in [9.17, 15) is 9.59 Å². The Hall–Kier alpha value is -3.30. The Bertz CT molecular complexity index is 862. The van der Waals surface area contributed by atoms with Gasteiger partial charge >= 0.3 is 0 Å². The van der Waals surface area contributed by atoms with E-state index in [4.69, 9.17) is 0 Å².